The molecule has 9 heteroatoms. The van der Waals surface area contributed by atoms with E-state index in [1.807, 2.05) is 37.3 Å². The van der Waals surface area contributed by atoms with E-state index in [0.717, 1.165) is 11.6 Å². The summed E-state index contributed by atoms with van der Waals surface area (Å²) in [6, 6.07) is 14.4. The lowest BCUT2D eigenvalue weighted by molar-refractivity contribution is -0.138. The summed E-state index contributed by atoms with van der Waals surface area (Å²) in [5.74, 6) is -0.982. The number of hydrogen-bond donors (Lipinski definition) is 3. The number of carbonyl (C=O) groups excluding carboxylic acids is 1. The maximum atomic E-state index is 13.6. The van der Waals surface area contributed by atoms with Gasteiger partial charge in [-0.05, 0) is 36.2 Å². The Morgan fingerprint density at radius 3 is 2.38 bits per heavy atom. The average Bonchev–Trinajstić information content (AvgIpc) is 2.80. The van der Waals surface area contributed by atoms with Crippen molar-refractivity contribution in [2.75, 3.05) is 24.1 Å². The van der Waals surface area contributed by atoms with E-state index in [2.05, 4.69) is 15.3 Å². The van der Waals surface area contributed by atoms with Gasteiger partial charge >= 0.3 is 6.18 Å². The molecule has 0 saturated heterocycles. The number of halogens is 3. The molecule has 1 aromatic carbocycles. The second-order valence-electron chi connectivity index (χ2n) is 7.41. The van der Waals surface area contributed by atoms with Gasteiger partial charge in [-0.25, -0.2) is 9.97 Å². The van der Waals surface area contributed by atoms with Crippen molar-refractivity contribution < 1.29 is 18.0 Å². The molecular weight excluding hydrogens is 419 g/mol. The molecule has 0 spiro atoms. The number of hydrogen-bond acceptors (Lipinski definition) is 6. The minimum Gasteiger partial charge on any atom is -0.383 e. The lowest BCUT2D eigenvalue weighted by Gasteiger charge is -2.32. The van der Waals surface area contributed by atoms with Crippen molar-refractivity contribution in [3.8, 4) is 0 Å². The summed E-state index contributed by atoms with van der Waals surface area (Å²) in [4.78, 5) is 20.7. The number of rotatable bonds is 8. The summed E-state index contributed by atoms with van der Waals surface area (Å²) in [6.45, 7) is 2.63. The van der Waals surface area contributed by atoms with E-state index in [-0.39, 0.29) is 17.2 Å². The summed E-state index contributed by atoms with van der Waals surface area (Å²) in [5.41, 5.74) is 10.3. The number of alkyl halides is 3. The highest BCUT2D eigenvalue weighted by atomic mass is 19.4. The summed E-state index contributed by atoms with van der Waals surface area (Å²) >= 11 is 0. The lowest BCUT2D eigenvalue weighted by Crippen LogP contribution is -2.41. The monoisotopic (exact) mass is 443 g/mol. The first-order valence-corrected chi connectivity index (χ1v) is 10.0. The summed E-state index contributed by atoms with van der Waals surface area (Å²) in [7, 11) is 0. The molecule has 0 aliphatic heterocycles. The standard InChI is InChI=1S/C23H24F3N5O/c1-2-22(13-27,15-7-4-3-5-8-15)14-30-18-11-10-17(23(24,25)26)19(31-18)20(32)16-9-6-12-29-21(16)28/h3-12H,2,13-14,27H2,1H3,(H2,28,29)(H,30,31)/t22-/m1/s1. The lowest BCUT2D eigenvalue weighted by atomic mass is 9.78. The summed E-state index contributed by atoms with van der Waals surface area (Å²) in [5, 5.41) is 3.07. The van der Waals surface area contributed by atoms with Crippen LogP contribution in [0.5, 0.6) is 0 Å². The third-order valence-electron chi connectivity index (χ3n) is 5.56. The molecule has 0 bridgehead atoms. The van der Waals surface area contributed by atoms with Gasteiger partial charge in [0.1, 0.15) is 17.3 Å². The topological polar surface area (TPSA) is 107 Å². The molecule has 1 atom stereocenters. The van der Waals surface area contributed by atoms with Crippen molar-refractivity contribution in [1.82, 2.24) is 9.97 Å². The van der Waals surface area contributed by atoms with Gasteiger partial charge in [0.2, 0.25) is 5.78 Å². The van der Waals surface area contributed by atoms with E-state index in [1.165, 1.54) is 24.4 Å². The number of pyridine rings is 2. The highest BCUT2D eigenvalue weighted by Gasteiger charge is 2.37. The number of nitrogens with one attached hydrogen (secondary N) is 1. The van der Waals surface area contributed by atoms with Gasteiger partial charge < -0.3 is 16.8 Å². The van der Waals surface area contributed by atoms with Crippen LogP contribution < -0.4 is 16.8 Å². The van der Waals surface area contributed by atoms with Crippen molar-refractivity contribution in [3.63, 3.8) is 0 Å². The Morgan fingerprint density at radius 2 is 1.78 bits per heavy atom. The smallest absolute Gasteiger partial charge is 0.383 e. The molecule has 0 radical (unpaired) electrons. The van der Waals surface area contributed by atoms with Crippen LogP contribution in [0.15, 0.2) is 60.8 Å². The predicted molar refractivity (Wildman–Crippen MR) is 117 cm³/mol. The molecule has 5 N–H and O–H groups in total. The number of anilines is 2. The zero-order valence-corrected chi connectivity index (χ0v) is 17.5. The molecule has 0 unspecified atom stereocenters. The Bertz CT molecular complexity index is 1080. The first kappa shape index (κ1) is 23.2. The van der Waals surface area contributed by atoms with Crippen LogP contribution in [0.25, 0.3) is 0 Å². The second kappa shape index (κ2) is 9.35. The van der Waals surface area contributed by atoms with Crippen LogP contribution in [0.3, 0.4) is 0 Å². The maximum Gasteiger partial charge on any atom is 0.418 e. The molecule has 0 aliphatic carbocycles. The maximum absolute atomic E-state index is 13.6. The zero-order chi connectivity index (χ0) is 23.4. The van der Waals surface area contributed by atoms with Crippen LogP contribution in [-0.4, -0.2) is 28.8 Å². The fourth-order valence-corrected chi connectivity index (χ4v) is 3.51. The largest absolute Gasteiger partial charge is 0.418 e. The van der Waals surface area contributed by atoms with Crippen molar-refractivity contribution >= 4 is 17.4 Å². The molecule has 0 amide bonds. The van der Waals surface area contributed by atoms with E-state index in [1.54, 1.807) is 0 Å². The zero-order valence-electron chi connectivity index (χ0n) is 17.5. The Hall–Kier alpha value is -3.46. The molecule has 0 fully saturated rings. The number of ketones is 1. The van der Waals surface area contributed by atoms with E-state index in [9.17, 15) is 18.0 Å². The molecule has 2 heterocycles. The van der Waals surface area contributed by atoms with Gasteiger partial charge in [-0.2, -0.15) is 13.2 Å². The van der Waals surface area contributed by atoms with E-state index < -0.39 is 28.6 Å². The van der Waals surface area contributed by atoms with Gasteiger partial charge in [-0.1, -0.05) is 37.3 Å². The van der Waals surface area contributed by atoms with Crippen molar-refractivity contribution in [3.05, 3.63) is 83.2 Å². The number of aromatic nitrogens is 2. The normalized spacial score (nSPS) is 13.4. The van der Waals surface area contributed by atoms with Crippen LogP contribution in [0.4, 0.5) is 24.8 Å². The van der Waals surface area contributed by atoms with Crippen LogP contribution in [0, 0.1) is 0 Å². The summed E-state index contributed by atoms with van der Waals surface area (Å²) < 4.78 is 40.8. The first-order chi connectivity index (χ1) is 15.2. The van der Waals surface area contributed by atoms with Gasteiger partial charge in [-0.3, -0.25) is 4.79 Å². The van der Waals surface area contributed by atoms with Gasteiger partial charge in [0.15, 0.2) is 0 Å². The number of carbonyl (C=O) groups is 1. The van der Waals surface area contributed by atoms with Gasteiger partial charge in [0.05, 0.1) is 11.1 Å². The molecule has 3 aromatic rings. The van der Waals surface area contributed by atoms with Crippen LogP contribution >= 0.6 is 0 Å². The minimum absolute atomic E-state index is 0.131. The van der Waals surface area contributed by atoms with E-state index in [0.29, 0.717) is 19.5 Å². The summed E-state index contributed by atoms with van der Waals surface area (Å²) in [6.07, 6.45) is -2.72. The van der Waals surface area contributed by atoms with Gasteiger partial charge in [-0.15, -0.1) is 0 Å². The van der Waals surface area contributed by atoms with Crippen molar-refractivity contribution in [1.29, 1.82) is 0 Å². The molecule has 0 aliphatic rings. The van der Waals surface area contributed by atoms with Crippen molar-refractivity contribution in [2.24, 2.45) is 5.73 Å². The quantitative estimate of drug-likeness (QED) is 0.454. The highest BCUT2D eigenvalue weighted by Crippen LogP contribution is 2.34. The van der Waals surface area contributed by atoms with Crippen molar-refractivity contribution in [2.45, 2.75) is 24.9 Å². The molecule has 2 aromatic heterocycles. The Labute approximate surface area is 183 Å². The third kappa shape index (κ3) is 4.72. The Morgan fingerprint density at radius 1 is 1.06 bits per heavy atom. The second-order valence-corrected chi connectivity index (χ2v) is 7.41. The molecule has 6 nitrogen and oxygen atoms in total. The van der Waals surface area contributed by atoms with Crippen LogP contribution in [-0.2, 0) is 11.6 Å². The van der Waals surface area contributed by atoms with Gasteiger partial charge in [0, 0.05) is 24.7 Å². The Kier molecular flexibility index (Phi) is 6.78. The molecule has 3 rings (SSSR count). The van der Waals surface area contributed by atoms with Crippen LogP contribution in [0.2, 0.25) is 0 Å². The minimum atomic E-state index is -4.76. The van der Waals surface area contributed by atoms with E-state index in [4.69, 9.17) is 11.5 Å². The number of nitrogen functional groups attached to an aromatic ring is 1. The average molecular weight is 443 g/mol. The fourth-order valence-electron chi connectivity index (χ4n) is 3.51. The molecular formula is C23H24F3N5O. The number of nitrogens with two attached hydrogens (primary N) is 2. The first-order valence-electron chi connectivity index (χ1n) is 10.0. The molecule has 32 heavy (non-hydrogen) atoms. The highest BCUT2D eigenvalue weighted by molar-refractivity contribution is 6.11. The third-order valence-corrected chi connectivity index (χ3v) is 5.56. The Balaban J connectivity index is 1.97. The van der Waals surface area contributed by atoms with E-state index >= 15 is 0 Å². The van der Waals surface area contributed by atoms with Crippen LogP contribution in [0.1, 0.15) is 40.5 Å². The van der Waals surface area contributed by atoms with Gasteiger partial charge in [0.25, 0.3) is 0 Å². The SMILES string of the molecule is CC[C@@](CN)(CNc1ccc(C(F)(F)F)c(C(=O)c2cccnc2N)n1)c1ccccc1. The molecule has 0 saturated carbocycles. The molecule has 168 valence electrons. The number of nitrogens with zero attached hydrogens (tertiary/aromatic N) is 2. The fraction of sp³-hybridized carbons (Fsp3) is 0.261. The predicted octanol–water partition coefficient (Wildman–Crippen LogP) is 4.03. The number of benzene rings is 1.